The first-order chi connectivity index (χ1) is 9.39. The van der Waals surface area contributed by atoms with Gasteiger partial charge in [-0.1, -0.05) is 24.4 Å². The van der Waals surface area contributed by atoms with E-state index in [4.69, 9.17) is 11.6 Å². The molecule has 6 heteroatoms. The van der Waals surface area contributed by atoms with Gasteiger partial charge in [0, 0.05) is 25.2 Å². The molecule has 0 spiro atoms. The van der Waals surface area contributed by atoms with Gasteiger partial charge in [0.1, 0.15) is 0 Å². The summed E-state index contributed by atoms with van der Waals surface area (Å²) in [4.78, 5) is 12.2. The van der Waals surface area contributed by atoms with Crippen LogP contribution in [-0.4, -0.2) is 34.1 Å². The van der Waals surface area contributed by atoms with Gasteiger partial charge in [-0.2, -0.15) is 0 Å². The Morgan fingerprint density at radius 2 is 2.10 bits per heavy atom. The van der Waals surface area contributed by atoms with E-state index in [0.29, 0.717) is 18.1 Å². The van der Waals surface area contributed by atoms with E-state index in [2.05, 4.69) is 0 Å². The highest BCUT2D eigenvalue weighted by Crippen LogP contribution is 2.31. The first-order valence-corrected chi connectivity index (χ1v) is 7.11. The minimum Gasteiger partial charge on any atom is -0.389 e. The molecule has 1 saturated carbocycles. The van der Waals surface area contributed by atoms with Gasteiger partial charge >= 0.3 is 0 Å². The first kappa shape index (κ1) is 15.2. The third-order valence-electron chi connectivity index (χ3n) is 3.79. The fourth-order valence-corrected chi connectivity index (χ4v) is 3.05. The molecule has 1 fully saturated rings. The number of nitro benzene ring substituents is 1. The van der Waals surface area contributed by atoms with Crippen LogP contribution in [0.1, 0.15) is 31.2 Å². The van der Waals surface area contributed by atoms with Gasteiger partial charge < -0.3 is 5.11 Å². The van der Waals surface area contributed by atoms with E-state index in [1.165, 1.54) is 12.1 Å². The number of likely N-dealkylation sites (N-methyl/N-ethyl adjacent to an activating group) is 1. The summed E-state index contributed by atoms with van der Waals surface area (Å²) in [6, 6.07) is 4.50. The average Bonchev–Trinajstić information content (AvgIpc) is 2.77. The van der Waals surface area contributed by atoms with Crippen molar-refractivity contribution in [3.05, 3.63) is 38.9 Å². The van der Waals surface area contributed by atoms with E-state index in [1.807, 2.05) is 11.9 Å². The molecular weight excluding hydrogens is 280 g/mol. The van der Waals surface area contributed by atoms with Crippen molar-refractivity contribution in [1.29, 1.82) is 0 Å². The second-order valence-corrected chi connectivity index (χ2v) is 6.04. The molecule has 1 aromatic carbocycles. The summed E-state index contributed by atoms with van der Waals surface area (Å²) < 4.78 is 0. The molecule has 0 unspecified atom stereocenters. The number of non-ortho nitro benzene ring substituents is 1. The van der Waals surface area contributed by atoms with Crippen LogP contribution in [0.5, 0.6) is 0 Å². The molecule has 2 rings (SSSR count). The molecule has 0 saturated heterocycles. The number of nitrogens with zero attached hydrogens (tertiary/aromatic N) is 2. The first-order valence-electron chi connectivity index (χ1n) is 6.73. The maximum atomic E-state index is 10.7. The number of benzene rings is 1. The zero-order valence-corrected chi connectivity index (χ0v) is 12.3. The van der Waals surface area contributed by atoms with Crippen molar-refractivity contribution in [2.45, 2.75) is 37.8 Å². The van der Waals surface area contributed by atoms with Crippen molar-refractivity contribution < 1.29 is 10.0 Å². The summed E-state index contributed by atoms with van der Waals surface area (Å²) in [5.41, 5.74) is 0.235. The van der Waals surface area contributed by atoms with Crippen LogP contribution in [0.25, 0.3) is 0 Å². The molecule has 1 aromatic rings. The summed E-state index contributed by atoms with van der Waals surface area (Å²) in [5, 5.41) is 21.4. The van der Waals surface area contributed by atoms with Crippen LogP contribution in [0.2, 0.25) is 5.02 Å². The lowest BCUT2D eigenvalue weighted by Crippen LogP contribution is -2.38. The fraction of sp³-hybridized carbons (Fsp3) is 0.571. The molecule has 0 heterocycles. The number of rotatable bonds is 5. The Labute approximate surface area is 123 Å². The van der Waals surface area contributed by atoms with Gasteiger partial charge in [0.05, 0.1) is 15.5 Å². The summed E-state index contributed by atoms with van der Waals surface area (Å²) >= 11 is 6.08. The van der Waals surface area contributed by atoms with Crippen LogP contribution in [0.4, 0.5) is 5.69 Å². The fourth-order valence-electron chi connectivity index (χ4n) is 2.82. The Kier molecular flexibility index (Phi) is 4.62. The van der Waals surface area contributed by atoms with Gasteiger partial charge in [0.2, 0.25) is 0 Å². The van der Waals surface area contributed by atoms with E-state index < -0.39 is 10.5 Å². The molecule has 0 aromatic heterocycles. The Morgan fingerprint density at radius 1 is 1.45 bits per heavy atom. The topological polar surface area (TPSA) is 66.6 Å². The monoisotopic (exact) mass is 298 g/mol. The van der Waals surface area contributed by atoms with Gasteiger partial charge in [-0.15, -0.1) is 0 Å². The third-order valence-corrected chi connectivity index (χ3v) is 4.14. The highest BCUT2D eigenvalue weighted by Gasteiger charge is 2.32. The maximum absolute atomic E-state index is 10.7. The quantitative estimate of drug-likeness (QED) is 0.670. The summed E-state index contributed by atoms with van der Waals surface area (Å²) in [6.07, 6.45) is 3.82. The van der Waals surface area contributed by atoms with Gasteiger partial charge in [0.25, 0.3) is 5.69 Å². The van der Waals surface area contributed by atoms with E-state index in [1.54, 1.807) is 6.07 Å². The van der Waals surface area contributed by atoms with Crippen molar-refractivity contribution in [1.82, 2.24) is 4.90 Å². The summed E-state index contributed by atoms with van der Waals surface area (Å²) in [5.74, 6) is 0. The van der Waals surface area contributed by atoms with Crippen LogP contribution < -0.4 is 0 Å². The van der Waals surface area contributed by atoms with E-state index in [0.717, 1.165) is 31.2 Å². The Bertz CT molecular complexity index is 501. The second kappa shape index (κ2) is 6.08. The lowest BCUT2D eigenvalue weighted by Gasteiger charge is -2.28. The Morgan fingerprint density at radius 3 is 2.65 bits per heavy atom. The molecule has 0 radical (unpaired) electrons. The molecular formula is C14H19ClN2O3. The van der Waals surface area contributed by atoms with Crippen molar-refractivity contribution in [2.75, 3.05) is 13.6 Å². The van der Waals surface area contributed by atoms with Crippen LogP contribution >= 0.6 is 11.6 Å². The molecule has 1 aliphatic carbocycles. The maximum Gasteiger partial charge on any atom is 0.270 e. The van der Waals surface area contributed by atoms with Crippen LogP contribution in [-0.2, 0) is 6.54 Å². The predicted octanol–water partition coefficient (Wildman–Crippen LogP) is 2.99. The Hall–Kier alpha value is -1.17. The molecule has 1 aliphatic rings. The van der Waals surface area contributed by atoms with Crippen LogP contribution in [0.15, 0.2) is 18.2 Å². The normalized spacial score (nSPS) is 17.6. The van der Waals surface area contributed by atoms with Crippen molar-refractivity contribution in [2.24, 2.45) is 0 Å². The number of aliphatic hydroxyl groups is 1. The van der Waals surface area contributed by atoms with Crippen molar-refractivity contribution >= 4 is 17.3 Å². The zero-order chi connectivity index (χ0) is 14.8. The predicted molar refractivity (Wildman–Crippen MR) is 77.9 cm³/mol. The highest BCUT2D eigenvalue weighted by atomic mass is 35.5. The Balaban J connectivity index is 2.00. The minimum atomic E-state index is -0.595. The van der Waals surface area contributed by atoms with Crippen LogP contribution in [0, 0.1) is 10.1 Å². The third kappa shape index (κ3) is 3.69. The largest absolute Gasteiger partial charge is 0.389 e. The summed E-state index contributed by atoms with van der Waals surface area (Å²) in [6.45, 7) is 1.17. The van der Waals surface area contributed by atoms with E-state index in [9.17, 15) is 15.2 Å². The van der Waals surface area contributed by atoms with E-state index >= 15 is 0 Å². The molecule has 0 atom stereocenters. The number of hydrogen-bond donors (Lipinski definition) is 1. The molecule has 1 N–H and O–H groups in total. The number of nitro groups is 1. The number of halogens is 1. The lowest BCUT2D eigenvalue weighted by atomic mass is 10.0. The zero-order valence-electron chi connectivity index (χ0n) is 11.5. The van der Waals surface area contributed by atoms with Gasteiger partial charge in [-0.05, 0) is 31.5 Å². The molecule has 5 nitrogen and oxygen atoms in total. The van der Waals surface area contributed by atoms with Gasteiger partial charge in [-0.3, -0.25) is 15.0 Å². The molecule has 20 heavy (non-hydrogen) atoms. The smallest absolute Gasteiger partial charge is 0.270 e. The van der Waals surface area contributed by atoms with Gasteiger partial charge in [-0.25, -0.2) is 0 Å². The average molecular weight is 299 g/mol. The lowest BCUT2D eigenvalue weighted by molar-refractivity contribution is -0.384. The van der Waals surface area contributed by atoms with Gasteiger partial charge in [0.15, 0.2) is 0 Å². The molecule has 0 bridgehead atoms. The molecule has 0 aliphatic heterocycles. The molecule has 110 valence electrons. The minimum absolute atomic E-state index is 0.00387. The van der Waals surface area contributed by atoms with Crippen molar-refractivity contribution in [3.8, 4) is 0 Å². The van der Waals surface area contributed by atoms with Crippen molar-refractivity contribution in [3.63, 3.8) is 0 Å². The summed E-state index contributed by atoms with van der Waals surface area (Å²) in [7, 11) is 1.92. The highest BCUT2D eigenvalue weighted by molar-refractivity contribution is 6.31. The van der Waals surface area contributed by atoms with E-state index in [-0.39, 0.29) is 5.69 Å². The standard InChI is InChI=1S/C14H19ClN2O3/c1-16(10-14(18)6-2-3-7-14)9-11-4-5-12(17(19)20)8-13(11)15/h4-5,8,18H,2-3,6-7,9-10H2,1H3. The number of hydrogen-bond acceptors (Lipinski definition) is 4. The SMILES string of the molecule is CN(Cc1ccc([N+](=O)[O-])cc1Cl)CC1(O)CCCC1. The van der Waals surface area contributed by atoms with Crippen LogP contribution in [0.3, 0.4) is 0 Å². The molecule has 0 amide bonds. The second-order valence-electron chi connectivity index (χ2n) is 5.64.